The fourth-order valence-corrected chi connectivity index (χ4v) is 4.62. The van der Waals surface area contributed by atoms with E-state index in [-0.39, 0.29) is 18.0 Å². The van der Waals surface area contributed by atoms with E-state index in [1.807, 2.05) is 36.1 Å². The lowest BCUT2D eigenvalue weighted by Gasteiger charge is -2.44. The molecule has 1 fully saturated rings. The Kier molecular flexibility index (Phi) is 4.69. The molecule has 154 valence electrons. The molecule has 1 aromatic carbocycles. The number of aryl methyl sites for hydroxylation is 1. The van der Waals surface area contributed by atoms with Gasteiger partial charge < -0.3 is 14.2 Å². The van der Waals surface area contributed by atoms with Crippen molar-refractivity contribution >= 4 is 5.91 Å². The van der Waals surface area contributed by atoms with Crippen molar-refractivity contribution in [1.29, 1.82) is 0 Å². The molecule has 1 saturated carbocycles. The van der Waals surface area contributed by atoms with Crippen LogP contribution in [0.4, 0.5) is 0 Å². The summed E-state index contributed by atoms with van der Waals surface area (Å²) >= 11 is 0. The molecule has 3 aromatic rings. The average molecular weight is 404 g/mol. The summed E-state index contributed by atoms with van der Waals surface area (Å²) < 4.78 is 7.52. The largest absolute Gasteiger partial charge is 0.497 e. The summed E-state index contributed by atoms with van der Waals surface area (Å²) in [5.74, 6) is 2.40. The molecule has 0 spiro atoms. The zero-order valence-electron chi connectivity index (χ0n) is 17.2. The first-order chi connectivity index (χ1) is 14.7. The average Bonchev–Trinajstić information content (AvgIpc) is 3.23. The standard InChI is InChI=1S/C22H24N6O2/c1-14-11-24-17(12-23-14)22(29)27-13-20-25-26-21(15-7-9-16(30-2)10-8-15)28(20)19-6-4-3-5-18(19)27/h7-12,18-19H,3-6,13H2,1-2H3/t18-,19+/m1/s1. The van der Waals surface area contributed by atoms with Crippen LogP contribution in [0.1, 0.15) is 53.7 Å². The quantitative estimate of drug-likeness (QED) is 0.666. The monoisotopic (exact) mass is 404 g/mol. The maximum absolute atomic E-state index is 13.3. The zero-order chi connectivity index (χ0) is 20.7. The fraction of sp³-hybridized carbons (Fsp3) is 0.409. The molecular weight excluding hydrogens is 380 g/mol. The zero-order valence-corrected chi connectivity index (χ0v) is 17.2. The maximum atomic E-state index is 13.3. The van der Waals surface area contributed by atoms with Crippen LogP contribution in [0.15, 0.2) is 36.7 Å². The highest BCUT2D eigenvalue weighted by molar-refractivity contribution is 5.92. The van der Waals surface area contributed by atoms with Crippen LogP contribution in [0.25, 0.3) is 11.4 Å². The van der Waals surface area contributed by atoms with E-state index in [1.54, 1.807) is 19.5 Å². The van der Waals surface area contributed by atoms with Crippen molar-refractivity contribution in [1.82, 2.24) is 29.6 Å². The van der Waals surface area contributed by atoms with Gasteiger partial charge in [0.05, 0.1) is 37.6 Å². The number of aromatic nitrogens is 5. The number of carbonyl (C=O) groups excluding carboxylic acids is 1. The summed E-state index contributed by atoms with van der Waals surface area (Å²) in [7, 11) is 1.66. The highest BCUT2D eigenvalue weighted by Gasteiger charge is 2.41. The van der Waals surface area contributed by atoms with Gasteiger partial charge in [-0.25, -0.2) is 4.98 Å². The molecule has 0 saturated heterocycles. The van der Waals surface area contributed by atoms with E-state index in [4.69, 9.17) is 4.74 Å². The molecule has 1 amide bonds. The second-order valence-corrected chi connectivity index (χ2v) is 7.93. The van der Waals surface area contributed by atoms with Crippen molar-refractivity contribution in [3.05, 3.63) is 53.9 Å². The Morgan fingerprint density at radius 3 is 2.50 bits per heavy atom. The number of hydrogen-bond donors (Lipinski definition) is 0. The number of amides is 1. The molecule has 0 N–H and O–H groups in total. The van der Waals surface area contributed by atoms with Crippen LogP contribution in [-0.2, 0) is 6.54 Å². The van der Waals surface area contributed by atoms with Crippen LogP contribution < -0.4 is 4.74 Å². The van der Waals surface area contributed by atoms with Crippen LogP contribution in [0.3, 0.4) is 0 Å². The van der Waals surface area contributed by atoms with E-state index >= 15 is 0 Å². The van der Waals surface area contributed by atoms with Gasteiger partial charge in [-0.1, -0.05) is 12.8 Å². The number of rotatable bonds is 3. The second kappa shape index (κ2) is 7.51. The summed E-state index contributed by atoms with van der Waals surface area (Å²) in [4.78, 5) is 23.8. The first kappa shape index (κ1) is 18.7. The van der Waals surface area contributed by atoms with Crippen molar-refractivity contribution in [3.63, 3.8) is 0 Å². The summed E-state index contributed by atoms with van der Waals surface area (Å²) in [5.41, 5.74) is 2.18. The van der Waals surface area contributed by atoms with Gasteiger partial charge >= 0.3 is 0 Å². The number of carbonyl (C=O) groups is 1. The SMILES string of the molecule is COc1ccc(-c2nnc3n2[C@H]2CCCC[C@H]2N(C(=O)c2cnc(C)cn2)C3)cc1. The van der Waals surface area contributed by atoms with E-state index in [9.17, 15) is 4.79 Å². The van der Waals surface area contributed by atoms with Gasteiger partial charge in [-0.15, -0.1) is 10.2 Å². The van der Waals surface area contributed by atoms with Crippen LogP contribution in [0.5, 0.6) is 5.75 Å². The van der Waals surface area contributed by atoms with Crippen molar-refractivity contribution in [3.8, 4) is 17.1 Å². The molecule has 1 aliphatic heterocycles. The van der Waals surface area contributed by atoms with Crippen molar-refractivity contribution in [2.45, 2.75) is 51.2 Å². The Balaban J connectivity index is 1.52. The van der Waals surface area contributed by atoms with Crippen molar-refractivity contribution in [2.24, 2.45) is 0 Å². The molecule has 8 heteroatoms. The Labute approximate surface area is 174 Å². The van der Waals surface area contributed by atoms with Gasteiger partial charge in [-0.3, -0.25) is 9.78 Å². The lowest BCUT2D eigenvalue weighted by atomic mass is 9.87. The van der Waals surface area contributed by atoms with E-state index in [2.05, 4.69) is 24.7 Å². The summed E-state index contributed by atoms with van der Waals surface area (Å²) in [5, 5.41) is 8.96. The first-order valence-corrected chi connectivity index (χ1v) is 10.3. The fourth-order valence-electron chi connectivity index (χ4n) is 4.62. The maximum Gasteiger partial charge on any atom is 0.274 e. The molecule has 0 unspecified atom stereocenters. The molecule has 1 aliphatic carbocycles. The van der Waals surface area contributed by atoms with Gasteiger partial charge in [0.25, 0.3) is 5.91 Å². The van der Waals surface area contributed by atoms with Crippen LogP contribution in [0, 0.1) is 6.92 Å². The second-order valence-electron chi connectivity index (χ2n) is 7.93. The Hall–Kier alpha value is -3.29. The summed E-state index contributed by atoms with van der Waals surface area (Å²) in [6.07, 6.45) is 7.42. The number of methoxy groups -OCH3 is 1. The van der Waals surface area contributed by atoms with Crippen molar-refractivity contribution in [2.75, 3.05) is 7.11 Å². The minimum absolute atomic E-state index is 0.0837. The third-order valence-electron chi connectivity index (χ3n) is 6.11. The van der Waals surface area contributed by atoms with Crippen LogP contribution in [0.2, 0.25) is 0 Å². The highest BCUT2D eigenvalue weighted by Crippen LogP contribution is 2.40. The number of ether oxygens (including phenoxy) is 1. The molecule has 2 atom stereocenters. The first-order valence-electron chi connectivity index (χ1n) is 10.3. The van der Waals surface area contributed by atoms with E-state index < -0.39 is 0 Å². The number of nitrogens with zero attached hydrogens (tertiary/aromatic N) is 6. The molecule has 0 radical (unpaired) electrons. The Morgan fingerprint density at radius 1 is 1.03 bits per heavy atom. The lowest BCUT2D eigenvalue weighted by Crippen LogP contribution is -2.50. The van der Waals surface area contributed by atoms with Gasteiger partial charge in [0.2, 0.25) is 0 Å². The minimum Gasteiger partial charge on any atom is -0.497 e. The lowest BCUT2D eigenvalue weighted by molar-refractivity contribution is 0.0414. The molecule has 2 aromatic heterocycles. The van der Waals surface area contributed by atoms with Gasteiger partial charge in [-0.2, -0.15) is 0 Å². The molecule has 8 nitrogen and oxygen atoms in total. The highest BCUT2D eigenvalue weighted by atomic mass is 16.5. The number of benzene rings is 1. The number of hydrogen-bond acceptors (Lipinski definition) is 6. The molecular formula is C22H24N6O2. The Morgan fingerprint density at radius 2 is 1.80 bits per heavy atom. The predicted molar refractivity (Wildman–Crippen MR) is 110 cm³/mol. The Bertz CT molecular complexity index is 1060. The molecule has 3 heterocycles. The summed E-state index contributed by atoms with van der Waals surface area (Å²) in [6.45, 7) is 2.29. The minimum atomic E-state index is -0.0837. The number of fused-ring (bicyclic) bond motifs is 3. The van der Waals surface area contributed by atoms with E-state index in [0.29, 0.717) is 12.2 Å². The molecule has 0 bridgehead atoms. The van der Waals surface area contributed by atoms with Gasteiger partial charge in [-0.05, 0) is 44.0 Å². The van der Waals surface area contributed by atoms with Gasteiger partial charge in [0.1, 0.15) is 11.4 Å². The molecule has 2 aliphatic rings. The topological polar surface area (TPSA) is 86.0 Å². The van der Waals surface area contributed by atoms with E-state index in [1.165, 1.54) is 0 Å². The van der Waals surface area contributed by atoms with Crippen LogP contribution >= 0.6 is 0 Å². The van der Waals surface area contributed by atoms with Crippen LogP contribution in [-0.4, -0.2) is 48.7 Å². The van der Waals surface area contributed by atoms with Gasteiger partial charge in [0, 0.05) is 11.8 Å². The van der Waals surface area contributed by atoms with Gasteiger partial charge in [0.15, 0.2) is 11.6 Å². The third-order valence-corrected chi connectivity index (χ3v) is 6.11. The van der Waals surface area contributed by atoms with E-state index in [0.717, 1.165) is 54.3 Å². The predicted octanol–water partition coefficient (Wildman–Crippen LogP) is 3.19. The summed E-state index contributed by atoms with van der Waals surface area (Å²) in [6, 6.07) is 8.15. The third kappa shape index (κ3) is 3.12. The normalized spacial score (nSPS) is 20.4. The smallest absolute Gasteiger partial charge is 0.274 e. The molecule has 30 heavy (non-hydrogen) atoms. The van der Waals surface area contributed by atoms with Crippen molar-refractivity contribution < 1.29 is 9.53 Å². The molecule has 5 rings (SSSR count).